The number of amides is 1. The van der Waals surface area contributed by atoms with Crippen LogP contribution in [0.4, 0.5) is 0 Å². The molecule has 1 heterocycles. The number of carboxylic acids is 1. The number of aliphatic carboxylic acids is 1. The minimum atomic E-state index is -0.957. The molecule has 112 valence electrons. The Morgan fingerprint density at radius 3 is 2.65 bits per heavy atom. The molecular weight excluding hydrogens is 264 g/mol. The third kappa shape index (κ3) is 5.00. The van der Waals surface area contributed by atoms with E-state index in [4.69, 9.17) is 14.4 Å². The molecule has 7 heteroatoms. The van der Waals surface area contributed by atoms with Crippen LogP contribution < -0.4 is 5.32 Å². The van der Waals surface area contributed by atoms with E-state index < -0.39 is 12.1 Å². The first-order valence-electron chi connectivity index (χ1n) is 6.37. The Labute approximate surface area is 117 Å². The summed E-state index contributed by atoms with van der Waals surface area (Å²) >= 11 is 0. The highest BCUT2D eigenvalue weighted by Crippen LogP contribution is 2.14. The third-order valence-corrected chi connectivity index (χ3v) is 3.05. The van der Waals surface area contributed by atoms with Crippen molar-refractivity contribution < 1.29 is 24.0 Å². The molecule has 1 unspecified atom stereocenters. The maximum atomic E-state index is 11.7. The van der Waals surface area contributed by atoms with Gasteiger partial charge in [-0.3, -0.25) is 9.59 Å². The number of ether oxygens (including phenoxy) is 1. The van der Waals surface area contributed by atoms with E-state index in [0.29, 0.717) is 12.8 Å². The first-order chi connectivity index (χ1) is 9.43. The van der Waals surface area contributed by atoms with Crippen molar-refractivity contribution in [2.24, 2.45) is 0 Å². The van der Waals surface area contributed by atoms with Gasteiger partial charge in [-0.25, -0.2) is 0 Å². The quantitative estimate of drug-likeness (QED) is 0.733. The van der Waals surface area contributed by atoms with Crippen LogP contribution in [0.25, 0.3) is 0 Å². The van der Waals surface area contributed by atoms with Crippen LogP contribution in [0.15, 0.2) is 4.52 Å². The van der Waals surface area contributed by atoms with Crippen molar-refractivity contribution in [1.29, 1.82) is 0 Å². The summed E-state index contributed by atoms with van der Waals surface area (Å²) in [4.78, 5) is 22.3. The van der Waals surface area contributed by atoms with Gasteiger partial charge in [0.05, 0.1) is 18.2 Å². The predicted octanol–water partition coefficient (Wildman–Crippen LogP) is 0.830. The molecule has 1 aromatic heterocycles. The van der Waals surface area contributed by atoms with Crippen molar-refractivity contribution in [3.05, 3.63) is 17.0 Å². The third-order valence-electron chi connectivity index (χ3n) is 3.05. The monoisotopic (exact) mass is 284 g/mol. The molecule has 1 atom stereocenters. The summed E-state index contributed by atoms with van der Waals surface area (Å²) in [5.74, 6) is -0.393. The smallest absolute Gasteiger partial charge is 0.306 e. The Morgan fingerprint density at radius 2 is 2.15 bits per heavy atom. The molecule has 0 saturated carbocycles. The summed E-state index contributed by atoms with van der Waals surface area (Å²) in [7, 11) is 1.42. The van der Waals surface area contributed by atoms with E-state index in [1.165, 1.54) is 7.11 Å². The van der Waals surface area contributed by atoms with Crippen molar-refractivity contribution in [2.45, 2.75) is 39.2 Å². The van der Waals surface area contributed by atoms with Crippen LogP contribution in [0.1, 0.15) is 29.9 Å². The number of hydrogen-bond acceptors (Lipinski definition) is 5. The fourth-order valence-electron chi connectivity index (χ4n) is 1.85. The lowest BCUT2D eigenvalue weighted by Gasteiger charge is -2.13. The molecule has 0 radical (unpaired) electrons. The lowest BCUT2D eigenvalue weighted by molar-refractivity contribution is -0.140. The van der Waals surface area contributed by atoms with E-state index in [1.807, 2.05) is 6.92 Å². The number of hydrogen-bond donors (Lipinski definition) is 2. The number of nitrogens with one attached hydrogen (secondary N) is 1. The van der Waals surface area contributed by atoms with Gasteiger partial charge >= 0.3 is 5.97 Å². The molecule has 1 amide bonds. The van der Waals surface area contributed by atoms with Crippen LogP contribution >= 0.6 is 0 Å². The molecule has 1 rings (SSSR count). The van der Waals surface area contributed by atoms with Crippen LogP contribution in [-0.4, -0.2) is 41.9 Å². The summed E-state index contributed by atoms with van der Waals surface area (Å²) in [6.45, 7) is 3.82. The lowest BCUT2D eigenvalue weighted by Crippen LogP contribution is -2.34. The van der Waals surface area contributed by atoms with E-state index in [0.717, 1.165) is 17.0 Å². The second-order valence-corrected chi connectivity index (χ2v) is 4.56. The topological polar surface area (TPSA) is 102 Å². The average Bonchev–Trinajstić information content (AvgIpc) is 2.71. The minimum Gasteiger partial charge on any atom is -0.481 e. The molecule has 0 saturated heterocycles. The predicted molar refractivity (Wildman–Crippen MR) is 70.4 cm³/mol. The molecule has 0 fully saturated rings. The Kier molecular flexibility index (Phi) is 6.17. The standard InChI is InChI=1S/C13H20N2O5/c1-8-11(9(2)20-15-8)4-5-12(16)14-7-10(19-3)6-13(17)18/h10H,4-7H2,1-3H3,(H,14,16)(H,17,18). The number of rotatable bonds is 8. The van der Waals surface area contributed by atoms with Gasteiger partial charge in [0, 0.05) is 25.6 Å². The maximum absolute atomic E-state index is 11.7. The molecule has 0 spiro atoms. The van der Waals surface area contributed by atoms with Gasteiger partial charge < -0.3 is 19.7 Å². The summed E-state index contributed by atoms with van der Waals surface area (Å²) in [5.41, 5.74) is 1.73. The van der Waals surface area contributed by atoms with E-state index in [-0.39, 0.29) is 18.9 Å². The number of nitrogens with zero attached hydrogens (tertiary/aromatic N) is 1. The van der Waals surface area contributed by atoms with Gasteiger partial charge in [0.2, 0.25) is 5.91 Å². The SMILES string of the molecule is COC(CNC(=O)CCc1c(C)noc1C)CC(=O)O. The summed E-state index contributed by atoms with van der Waals surface area (Å²) in [5, 5.41) is 15.1. The number of carbonyl (C=O) groups excluding carboxylic acids is 1. The molecule has 0 aliphatic heterocycles. The van der Waals surface area contributed by atoms with Crippen LogP contribution in [-0.2, 0) is 20.7 Å². The summed E-state index contributed by atoms with van der Waals surface area (Å²) in [6, 6.07) is 0. The van der Waals surface area contributed by atoms with E-state index >= 15 is 0 Å². The lowest BCUT2D eigenvalue weighted by atomic mass is 10.1. The zero-order valence-electron chi connectivity index (χ0n) is 11.9. The van der Waals surface area contributed by atoms with Crippen molar-refractivity contribution in [1.82, 2.24) is 10.5 Å². The Morgan fingerprint density at radius 1 is 1.45 bits per heavy atom. The molecule has 0 aromatic carbocycles. The van der Waals surface area contributed by atoms with Gasteiger partial charge in [-0.2, -0.15) is 0 Å². The van der Waals surface area contributed by atoms with E-state index in [9.17, 15) is 9.59 Å². The van der Waals surface area contributed by atoms with Gasteiger partial charge in [-0.05, 0) is 20.3 Å². The Balaban J connectivity index is 2.35. The van der Waals surface area contributed by atoms with E-state index in [1.54, 1.807) is 6.92 Å². The number of methoxy groups -OCH3 is 1. The fourth-order valence-corrected chi connectivity index (χ4v) is 1.85. The highest BCUT2D eigenvalue weighted by Gasteiger charge is 2.15. The number of carboxylic acid groups (broad SMARTS) is 1. The van der Waals surface area contributed by atoms with Gasteiger partial charge in [-0.15, -0.1) is 0 Å². The van der Waals surface area contributed by atoms with Crippen LogP contribution in [0.2, 0.25) is 0 Å². The van der Waals surface area contributed by atoms with Gasteiger partial charge in [0.1, 0.15) is 5.76 Å². The Bertz CT molecular complexity index is 450. The molecule has 2 N–H and O–H groups in total. The van der Waals surface area contributed by atoms with Crippen LogP contribution in [0.5, 0.6) is 0 Å². The molecule has 0 bridgehead atoms. The number of carbonyl (C=O) groups is 2. The first-order valence-corrected chi connectivity index (χ1v) is 6.37. The molecule has 20 heavy (non-hydrogen) atoms. The van der Waals surface area contributed by atoms with Gasteiger partial charge in [-0.1, -0.05) is 5.16 Å². The highest BCUT2D eigenvalue weighted by atomic mass is 16.5. The van der Waals surface area contributed by atoms with Crippen LogP contribution in [0.3, 0.4) is 0 Å². The molecular formula is C13H20N2O5. The number of aromatic nitrogens is 1. The second kappa shape index (κ2) is 7.64. The summed E-state index contributed by atoms with van der Waals surface area (Å²) < 4.78 is 10.00. The zero-order chi connectivity index (χ0) is 15.1. The minimum absolute atomic E-state index is 0.138. The normalized spacial score (nSPS) is 12.2. The fraction of sp³-hybridized carbons (Fsp3) is 0.615. The van der Waals surface area contributed by atoms with E-state index in [2.05, 4.69) is 10.5 Å². The van der Waals surface area contributed by atoms with Crippen molar-refractivity contribution in [3.8, 4) is 0 Å². The first kappa shape index (κ1) is 16.2. The molecule has 0 aliphatic carbocycles. The summed E-state index contributed by atoms with van der Waals surface area (Å²) in [6.07, 6.45) is 0.187. The zero-order valence-corrected chi connectivity index (χ0v) is 11.9. The van der Waals surface area contributed by atoms with Gasteiger partial charge in [0.25, 0.3) is 0 Å². The second-order valence-electron chi connectivity index (χ2n) is 4.56. The maximum Gasteiger partial charge on any atom is 0.306 e. The largest absolute Gasteiger partial charge is 0.481 e. The number of aryl methyl sites for hydroxylation is 2. The Hall–Kier alpha value is -1.89. The van der Waals surface area contributed by atoms with Crippen molar-refractivity contribution >= 4 is 11.9 Å². The van der Waals surface area contributed by atoms with Crippen molar-refractivity contribution in [3.63, 3.8) is 0 Å². The molecule has 7 nitrogen and oxygen atoms in total. The molecule has 0 aliphatic rings. The van der Waals surface area contributed by atoms with Crippen molar-refractivity contribution in [2.75, 3.05) is 13.7 Å². The highest BCUT2D eigenvalue weighted by molar-refractivity contribution is 5.76. The molecule has 1 aromatic rings. The van der Waals surface area contributed by atoms with Gasteiger partial charge in [0.15, 0.2) is 0 Å². The van der Waals surface area contributed by atoms with Crippen LogP contribution in [0, 0.1) is 13.8 Å². The average molecular weight is 284 g/mol.